The fourth-order valence-electron chi connectivity index (χ4n) is 2.31. The first-order valence-electron chi connectivity index (χ1n) is 8.74. The number of rotatable bonds is 6. The first-order valence-corrected chi connectivity index (χ1v) is 10.6. The average Bonchev–Trinajstić information content (AvgIpc) is 2.61. The lowest BCUT2D eigenvalue weighted by Gasteiger charge is -2.20. The van der Waals surface area contributed by atoms with Gasteiger partial charge in [-0.1, -0.05) is 17.7 Å². The van der Waals surface area contributed by atoms with Crippen molar-refractivity contribution in [2.24, 2.45) is 0 Å². The number of nitrogens with one attached hydrogen (secondary N) is 2. The summed E-state index contributed by atoms with van der Waals surface area (Å²) in [6.45, 7) is 6.53. The molecule has 0 bridgehead atoms. The highest BCUT2D eigenvalue weighted by Gasteiger charge is 2.22. The van der Waals surface area contributed by atoms with E-state index in [1.807, 2.05) is 6.92 Å². The topological polar surface area (TPSA) is 102 Å². The summed E-state index contributed by atoms with van der Waals surface area (Å²) >= 11 is 6.00. The second-order valence-corrected chi connectivity index (χ2v) is 9.56. The van der Waals surface area contributed by atoms with Crippen LogP contribution in [0.1, 0.15) is 36.7 Å². The zero-order valence-corrected chi connectivity index (χ0v) is 18.1. The lowest BCUT2D eigenvalue weighted by atomic mass is 10.1. The molecule has 0 spiro atoms. The average molecular weight is 439 g/mol. The number of ether oxygens (including phenoxy) is 1. The predicted molar refractivity (Wildman–Crippen MR) is 112 cm³/mol. The van der Waals surface area contributed by atoms with Gasteiger partial charge in [-0.05, 0) is 69.7 Å². The Hall–Kier alpha value is -2.42. The summed E-state index contributed by atoms with van der Waals surface area (Å²) in [5.41, 5.74) is 0.860. The standard InChI is InChI=1S/C20H23ClN2O5S/c1-13-5-8-15(11-17(13)21)22-18(24)12-28-19(25)14-6-9-16(10-7-14)29(26,27)23-20(2,3)4/h5-11,23H,12H2,1-4H3,(H,22,24). The Morgan fingerprint density at radius 2 is 1.69 bits per heavy atom. The summed E-state index contributed by atoms with van der Waals surface area (Å²) in [5, 5.41) is 3.09. The minimum absolute atomic E-state index is 0.0259. The van der Waals surface area contributed by atoms with Gasteiger partial charge in [0.1, 0.15) is 0 Å². The van der Waals surface area contributed by atoms with Gasteiger partial charge in [-0.3, -0.25) is 4.79 Å². The quantitative estimate of drug-likeness (QED) is 0.672. The van der Waals surface area contributed by atoms with E-state index < -0.39 is 34.0 Å². The summed E-state index contributed by atoms with van der Waals surface area (Å²) in [4.78, 5) is 24.1. The molecule has 1 amide bonds. The van der Waals surface area contributed by atoms with Gasteiger partial charge in [0.05, 0.1) is 10.5 Å². The second-order valence-electron chi connectivity index (χ2n) is 7.47. The number of esters is 1. The maximum Gasteiger partial charge on any atom is 0.338 e. The van der Waals surface area contributed by atoms with Crippen molar-refractivity contribution in [2.75, 3.05) is 11.9 Å². The Kier molecular flexibility index (Phi) is 7.05. The largest absolute Gasteiger partial charge is 0.452 e. The number of aryl methyl sites for hydroxylation is 1. The first kappa shape index (κ1) is 22.9. The second kappa shape index (κ2) is 8.94. The molecule has 0 aliphatic heterocycles. The van der Waals surface area contributed by atoms with Gasteiger partial charge in [-0.15, -0.1) is 0 Å². The molecule has 156 valence electrons. The molecular formula is C20H23ClN2O5S. The molecular weight excluding hydrogens is 416 g/mol. The van der Waals surface area contributed by atoms with Gasteiger partial charge in [-0.2, -0.15) is 0 Å². The van der Waals surface area contributed by atoms with Crippen LogP contribution in [0.5, 0.6) is 0 Å². The molecule has 2 rings (SSSR count). The van der Waals surface area contributed by atoms with Crippen molar-refractivity contribution in [1.29, 1.82) is 0 Å². The smallest absolute Gasteiger partial charge is 0.338 e. The van der Waals surface area contributed by atoms with Crippen LogP contribution in [-0.4, -0.2) is 32.4 Å². The van der Waals surface area contributed by atoms with Crippen molar-refractivity contribution in [2.45, 2.75) is 38.1 Å². The molecule has 0 radical (unpaired) electrons. The normalized spacial score (nSPS) is 11.8. The molecule has 0 aliphatic carbocycles. The fraction of sp³-hybridized carbons (Fsp3) is 0.300. The molecule has 9 heteroatoms. The SMILES string of the molecule is Cc1ccc(NC(=O)COC(=O)c2ccc(S(=O)(=O)NC(C)(C)C)cc2)cc1Cl. The molecule has 0 unspecified atom stereocenters. The Morgan fingerprint density at radius 3 is 2.24 bits per heavy atom. The Balaban J connectivity index is 1.95. The minimum Gasteiger partial charge on any atom is -0.452 e. The fourth-order valence-corrected chi connectivity index (χ4v) is 3.91. The molecule has 0 saturated heterocycles. The number of amides is 1. The van der Waals surface area contributed by atoms with E-state index in [1.54, 1.807) is 39.0 Å². The van der Waals surface area contributed by atoms with E-state index in [0.29, 0.717) is 10.7 Å². The van der Waals surface area contributed by atoms with Gasteiger partial charge in [0.25, 0.3) is 5.91 Å². The molecule has 29 heavy (non-hydrogen) atoms. The highest BCUT2D eigenvalue weighted by Crippen LogP contribution is 2.20. The van der Waals surface area contributed by atoms with Gasteiger partial charge in [0.15, 0.2) is 6.61 Å². The summed E-state index contributed by atoms with van der Waals surface area (Å²) in [6.07, 6.45) is 0. The highest BCUT2D eigenvalue weighted by atomic mass is 35.5. The van der Waals surface area contributed by atoms with E-state index in [4.69, 9.17) is 16.3 Å². The third-order valence-corrected chi connectivity index (χ3v) is 5.81. The van der Waals surface area contributed by atoms with Gasteiger partial charge < -0.3 is 10.1 Å². The zero-order valence-electron chi connectivity index (χ0n) is 16.6. The van der Waals surface area contributed by atoms with Crippen molar-refractivity contribution in [3.8, 4) is 0 Å². The highest BCUT2D eigenvalue weighted by molar-refractivity contribution is 7.89. The third-order valence-electron chi connectivity index (χ3n) is 3.63. The van der Waals surface area contributed by atoms with Gasteiger partial charge in [0.2, 0.25) is 10.0 Å². The third kappa shape index (κ3) is 6.85. The minimum atomic E-state index is -3.70. The molecule has 0 aromatic heterocycles. The van der Waals surface area contributed by atoms with E-state index >= 15 is 0 Å². The molecule has 7 nitrogen and oxygen atoms in total. The van der Waals surface area contributed by atoms with Crippen LogP contribution in [0.15, 0.2) is 47.4 Å². The van der Waals surface area contributed by atoms with E-state index in [9.17, 15) is 18.0 Å². The molecule has 2 aromatic carbocycles. The first-order chi connectivity index (χ1) is 13.4. The van der Waals surface area contributed by atoms with Crippen LogP contribution in [0.4, 0.5) is 5.69 Å². The van der Waals surface area contributed by atoms with Crippen molar-refractivity contribution in [3.05, 3.63) is 58.6 Å². The molecule has 2 N–H and O–H groups in total. The number of benzene rings is 2. The van der Waals surface area contributed by atoms with Gasteiger partial charge >= 0.3 is 5.97 Å². The van der Waals surface area contributed by atoms with E-state index in [-0.39, 0.29) is 10.5 Å². The zero-order chi connectivity index (χ0) is 21.8. The molecule has 0 fully saturated rings. The Labute approximate surface area is 175 Å². The van der Waals surface area contributed by atoms with Crippen LogP contribution >= 0.6 is 11.6 Å². The maximum atomic E-state index is 12.3. The van der Waals surface area contributed by atoms with Crippen LogP contribution in [0.2, 0.25) is 5.02 Å². The summed E-state index contributed by atoms with van der Waals surface area (Å²) in [7, 11) is -3.70. The molecule has 2 aromatic rings. The number of anilines is 1. The van der Waals surface area contributed by atoms with Crippen LogP contribution < -0.4 is 10.0 Å². The Bertz CT molecular complexity index is 1010. The maximum absolute atomic E-state index is 12.3. The number of sulfonamides is 1. The van der Waals surface area contributed by atoms with Crippen LogP contribution in [0.25, 0.3) is 0 Å². The van der Waals surface area contributed by atoms with Crippen LogP contribution in [0, 0.1) is 6.92 Å². The molecule has 0 aliphatic rings. The lowest BCUT2D eigenvalue weighted by Crippen LogP contribution is -2.40. The van der Waals surface area contributed by atoms with Gasteiger partial charge in [-0.25, -0.2) is 17.9 Å². The number of hydrogen-bond donors (Lipinski definition) is 2. The van der Waals surface area contributed by atoms with Gasteiger partial charge in [0, 0.05) is 16.2 Å². The number of carbonyl (C=O) groups is 2. The van der Waals surface area contributed by atoms with Crippen molar-refractivity contribution >= 4 is 39.2 Å². The van der Waals surface area contributed by atoms with Crippen molar-refractivity contribution in [3.63, 3.8) is 0 Å². The van der Waals surface area contributed by atoms with E-state index in [1.165, 1.54) is 24.3 Å². The summed E-state index contributed by atoms with van der Waals surface area (Å²) < 4.78 is 32.0. The number of halogens is 1. The van der Waals surface area contributed by atoms with Crippen molar-refractivity contribution in [1.82, 2.24) is 4.72 Å². The van der Waals surface area contributed by atoms with E-state index in [2.05, 4.69) is 10.0 Å². The van der Waals surface area contributed by atoms with Crippen LogP contribution in [-0.2, 0) is 19.6 Å². The lowest BCUT2D eigenvalue weighted by molar-refractivity contribution is -0.119. The Morgan fingerprint density at radius 1 is 1.07 bits per heavy atom. The van der Waals surface area contributed by atoms with Crippen LogP contribution in [0.3, 0.4) is 0 Å². The van der Waals surface area contributed by atoms with Crippen molar-refractivity contribution < 1.29 is 22.7 Å². The predicted octanol–water partition coefficient (Wildman–Crippen LogP) is 3.52. The molecule has 0 heterocycles. The monoisotopic (exact) mass is 438 g/mol. The number of carbonyl (C=O) groups excluding carboxylic acids is 2. The molecule has 0 atom stereocenters. The van der Waals surface area contributed by atoms with E-state index in [0.717, 1.165) is 5.56 Å². The molecule has 0 saturated carbocycles. The summed E-state index contributed by atoms with van der Waals surface area (Å²) in [5.74, 6) is -1.26. The summed E-state index contributed by atoms with van der Waals surface area (Å²) in [6, 6.07) is 10.3. The number of hydrogen-bond acceptors (Lipinski definition) is 5.